The van der Waals surface area contributed by atoms with Crippen LogP contribution in [0.25, 0.3) is 33.1 Å². The lowest BCUT2D eigenvalue weighted by molar-refractivity contribution is 0.557. The van der Waals surface area contributed by atoms with Gasteiger partial charge in [-0.2, -0.15) is 0 Å². The lowest BCUT2D eigenvalue weighted by atomic mass is 9.97. The Morgan fingerprint density at radius 3 is 2.46 bits per heavy atom. The Morgan fingerprint density at radius 2 is 1.75 bits per heavy atom. The fraction of sp³-hybridized carbons (Fsp3) is 0.190. The van der Waals surface area contributed by atoms with Crippen molar-refractivity contribution in [3.8, 4) is 11.1 Å². The fourth-order valence-electron chi connectivity index (χ4n) is 3.35. The molecule has 3 nitrogen and oxygen atoms in total. The summed E-state index contributed by atoms with van der Waals surface area (Å²) in [6, 6.07) is 11.9. The maximum absolute atomic E-state index is 11.8. The zero-order chi connectivity index (χ0) is 16.8. The van der Waals surface area contributed by atoms with Gasteiger partial charge in [0, 0.05) is 17.0 Å². The zero-order valence-electron chi connectivity index (χ0n) is 14.0. The van der Waals surface area contributed by atoms with Crippen LogP contribution in [0.15, 0.2) is 56.3 Å². The number of hydrogen-bond acceptors (Lipinski definition) is 3. The Balaban J connectivity index is 2.12. The van der Waals surface area contributed by atoms with E-state index in [0.29, 0.717) is 5.58 Å². The molecule has 2 aromatic heterocycles. The molecule has 0 saturated heterocycles. The van der Waals surface area contributed by atoms with E-state index in [2.05, 4.69) is 31.2 Å². The van der Waals surface area contributed by atoms with Gasteiger partial charge in [0.15, 0.2) is 0 Å². The molecule has 0 fully saturated rings. The quantitative estimate of drug-likeness (QED) is 0.466. The van der Waals surface area contributed by atoms with Crippen LogP contribution in [0.5, 0.6) is 0 Å². The van der Waals surface area contributed by atoms with Crippen LogP contribution >= 0.6 is 0 Å². The molecular weight excluding hydrogens is 300 g/mol. The van der Waals surface area contributed by atoms with Crippen LogP contribution in [0.3, 0.4) is 0 Å². The highest BCUT2D eigenvalue weighted by molar-refractivity contribution is 6.10. The van der Waals surface area contributed by atoms with Crippen LogP contribution in [0.2, 0.25) is 0 Å². The minimum absolute atomic E-state index is 0.316. The molecule has 0 radical (unpaired) electrons. The van der Waals surface area contributed by atoms with Gasteiger partial charge in [0.05, 0.1) is 11.6 Å². The van der Waals surface area contributed by atoms with Crippen LogP contribution in [-0.4, -0.2) is 0 Å². The SMILES string of the molecule is CCc1cc(=O)oc2cc(C)c3c(-c4ccc(C)cc4)coc3c12. The molecule has 4 aromatic rings. The maximum Gasteiger partial charge on any atom is 0.336 e. The van der Waals surface area contributed by atoms with E-state index in [0.717, 1.165) is 45.0 Å². The van der Waals surface area contributed by atoms with Crippen LogP contribution in [-0.2, 0) is 6.42 Å². The Morgan fingerprint density at radius 1 is 1.00 bits per heavy atom. The zero-order valence-corrected chi connectivity index (χ0v) is 14.0. The van der Waals surface area contributed by atoms with Crippen LogP contribution in [0.4, 0.5) is 0 Å². The minimum Gasteiger partial charge on any atom is -0.463 e. The molecule has 4 rings (SSSR count). The van der Waals surface area contributed by atoms with E-state index in [1.807, 2.05) is 19.9 Å². The smallest absolute Gasteiger partial charge is 0.336 e. The number of aryl methyl sites for hydroxylation is 3. The molecule has 0 N–H and O–H groups in total. The summed E-state index contributed by atoms with van der Waals surface area (Å²) >= 11 is 0. The molecular formula is C21H18O3. The molecule has 0 aliphatic heterocycles. The molecule has 2 aromatic carbocycles. The molecule has 3 heteroatoms. The van der Waals surface area contributed by atoms with Crippen molar-refractivity contribution in [2.45, 2.75) is 27.2 Å². The maximum atomic E-state index is 11.8. The average molecular weight is 318 g/mol. The van der Waals surface area contributed by atoms with Gasteiger partial charge in [-0.15, -0.1) is 0 Å². The molecule has 0 saturated carbocycles. The van der Waals surface area contributed by atoms with Gasteiger partial charge in [0.1, 0.15) is 11.2 Å². The van der Waals surface area contributed by atoms with Gasteiger partial charge in [0.25, 0.3) is 0 Å². The predicted molar refractivity (Wildman–Crippen MR) is 96.5 cm³/mol. The number of benzene rings is 2. The van der Waals surface area contributed by atoms with Crippen molar-refractivity contribution >= 4 is 21.9 Å². The Labute approximate surface area is 139 Å². The molecule has 0 aliphatic rings. The summed E-state index contributed by atoms with van der Waals surface area (Å²) in [6.07, 6.45) is 2.55. The van der Waals surface area contributed by atoms with Gasteiger partial charge >= 0.3 is 5.63 Å². The van der Waals surface area contributed by atoms with Gasteiger partial charge < -0.3 is 8.83 Å². The van der Waals surface area contributed by atoms with Crippen molar-refractivity contribution in [1.82, 2.24) is 0 Å². The summed E-state index contributed by atoms with van der Waals surface area (Å²) in [7, 11) is 0. The summed E-state index contributed by atoms with van der Waals surface area (Å²) in [4.78, 5) is 11.8. The monoisotopic (exact) mass is 318 g/mol. The highest BCUT2D eigenvalue weighted by Crippen LogP contribution is 2.38. The summed E-state index contributed by atoms with van der Waals surface area (Å²) in [6.45, 7) is 6.13. The molecule has 2 heterocycles. The summed E-state index contributed by atoms with van der Waals surface area (Å²) in [5, 5.41) is 1.98. The van der Waals surface area contributed by atoms with Gasteiger partial charge in [-0.25, -0.2) is 4.79 Å². The van der Waals surface area contributed by atoms with E-state index in [1.165, 1.54) is 5.56 Å². The Kier molecular flexibility index (Phi) is 3.31. The third-order valence-electron chi connectivity index (χ3n) is 4.57. The van der Waals surface area contributed by atoms with Gasteiger partial charge in [-0.3, -0.25) is 0 Å². The normalized spacial score (nSPS) is 11.5. The highest BCUT2D eigenvalue weighted by atomic mass is 16.4. The topological polar surface area (TPSA) is 43.4 Å². The van der Waals surface area contributed by atoms with Crippen LogP contribution in [0.1, 0.15) is 23.6 Å². The number of fused-ring (bicyclic) bond motifs is 3. The second-order valence-electron chi connectivity index (χ2n) is 6.23. The second-order valence-corrected chi connectivity index (χ2v) is 6.23. The van der Waals surface area contributed by atoms with Crippen molar-refractivity contribution in [1.29, 1.82) is 0 Å². The molecule has 0 amide bonds. The van der Waals surface area contributed by atoms with Crippen molar-refractivity contribution in [2.75, 3.05) is 0 Å². The van der Waals surface area contributed by atoms with E-state index in [-0.39, 0.29) is 5.63 Å². The lowest BCUT2D eigenvalue weighted by Crippen LogP contribution is -2.00. The van der Waals surface area contributed by atoms with E-state index in [9.17, 15) is 4.79 Å². The number of rotatable bonds is 2. The first kappa shape index (κ1) is 14.8. The largest absolute Gasteiger partial charge is 0.463 e. The molecule has 0 bridgehead atoms. The molecule has 0 spiro atoms. The van der Waals surface area contributed by atoms with Gasteiger partial charge in [0.2, 0.25) is 0 Å². The predicted octanol–water partition coefficient (Wildman–Crippen LogP) is 5.39. The van der Waals surface area contributed by atoms with Gasteiger partial charge in [-0.05, 0) is 43.0 Å². The van der Waals surface area contributed by atoms with Gasteiger partial charge in [-0.1, -0.05) is 36.8 Å². The van der Waals surface area contributed by atoms with E-state index in [4.69, 9.17) is 8.83 Å². The Hall–Kier alpha value is -2.81. The van der Waals surface area contributed by atoms with Crippen molar-refractivity contribution in [3.05, 3.63) is 69.8 Å². The first-order valence-electron chi connectivity index (χ1n) is 8.13. The number of furan rings is 1. The average Bonchev–Trinajstić information content (AvgIpc) is 3.00. The minimum atomic E-state index is -0.316. The molecule has 0 atom stereocenters. The Bertz CT molecular complexity index is 1110. The van der Waals surface area contributed by atoms with E-state index >= 15 is 0 Å². The number of hydrogen-bond donors (Lipinski definition) is 0. The van der Waals surface area contributed by atoms with Crippen LogP contribution in [0, 0.1) is 13.8 Å². The van der Waals surface area contributed by atoms with Crippen molar-refractivity contribution in [2.24, 2.45) is 0 Å². The molecule has 120 valence electrons. The highest BCUT2D eigenvalue weighted by Gasteiger charge is 2.17. The van der Waals surface area contributed by atoms with Crippen molar-refractivity contribution in [3.63, 3.8) is 0 Å². The summed E-state index contributed by atoms with van der Waals surface area (Å²) < 4.78 is 11.4. The lowest BCUT2D eigenvalue weighted by Gasteiger charge is -2.07. The third kappa shape index (κ3) is 2.16. The first-order chi connectivity index (χ1) is 11.6. The van der Waals surface area contributed by atoms with E-state index in [1.54, 1.807) is 12.3 Å². The summed E-state index contributed by atoms with van der Waals surface area (Å²) in [5.41, 5.74) is 6.48. The molecule has 0 aliphatic carbocycles. The fourth-order valence-corrected chi connectivity index (χ4v) is 3.35. The third-order valence-corrected chi connectivity index (χ3v) is 4.57. The standard InChI is InChI=1S/C21H18O3/c1-4-14-10-18(22)24-17-9-13(3)19-16(11-23-21(19)20(14)17)15-7-5-12(2)6-8-15/h5-11H,4H2,1-3H3. The van der Waals surface area contributed by atoms with Crippen LogP contribution < -0.4 is 5.63 Å². The molecule has 24 heavy (non-hydrogen) atoms. The second kappa shape index (κ2) is 5.38. The molecule has 0 unspecified atom stereocenters. The first-order valence-corrected chi connectivity index (χ1v) is 8.13. The van der Waals surface area contributed by atoms with E-state index < -0.39 is 0 Å². The summed E-state index contributed by atoms with van der Waals surface area (Å²) in [5.74, 6) is 0. The van der Waals surface area contributed by atoms with Crippen molar-refractivity contribution < 1.29 is 8.83 Å².